The predicted molar refractivity (Wildman–Crippen MR) is 99.1 cm³/mol. The van der Waals surface area contributed by atoms with Crippen LogP contribution in [0.3, 0.4) is 0 Å². The molecule has 1 saturated carbocycles. The number of benzene rings is 1. The number of hydrogen-bond acceptors (Lipinski definition) is 4. The standard InChI is InChI=1S/C19H24N6O2/c1-13-2-4-14(5-3-13)9-21-19(27)24-10-16(11-24)25-12-17(22-23-25)18(26)20-8-15-6-7-15/h2-5,12,15-16H,6-11H2,1H3,(H,20,26)(H,21,27). The van der Waals surface area contributed by atoms with Crippen LogP contribution in [-0.2, 0) is 6.54 Å². The Morgan fingerprint density at radius 2 is 1.89 bits per heavy atom. The largest absolute Gasteiger partial charge is 0.350 e. The second-order valence-corrected chi connectivity index (χ2v) is 7.44. The highest BCUT2D eigenvalue weighted by Gasteiger charge is 2.33. The summed E-state index contributed by atoms with van der Waals surface area (Å²) < 4.78 is 1.68. The Morgan fingerprint density at radius 3 is 2.59 bits per heavy atom. The molecule has 2 aromatic rings. The SMILES string of the molecule is Cc1ccc(CNC(=O)N2CC(n3cc(C(=O)NCC4CC4)nn3)C2)cc1. The fourth-order valence-electron chi connectivity index (χ4n) is 2.99. The number of hydrogen-bond donors (Lipinski definition) is 2. The highest BCUT2D eigenvalue weighted by atomic mass is 16.2. The maximum atomic E-state index is 12.2. The summed E-state index contributed by atoms with van der Waals surface area (Å²) >= 11 is 0. The van der Waals surface area contributed by atoms with Gasteiger partial charge in [0.2, 0.25) is 0 Å². The highest BCUT2D eigenvalue weighted by Crippen LogP contribution is 2.27. The molecule has 142 valence electrons. The number of aromatic nitrogens is 3. The Morgan fingerprint density at radius 1 is 1.15 bits per heavy atom. The van der Waals surface area contributed by atoms with E-state index in [1.54, 1.807) is 15.8 Å². The molecule has 2 heterocycles. The van der Waals surface area contributed by atoms with Crippen molar-refractivity contribution in [2.75, 3.05) is 19.6 Å². The average Bonchev–Trinajstić information content (AvgIpc) is 3.34. The lowest BCUT2D eigenvalue weighted by molar-refractivity contribution is 0.0946. The predicted octanol–water partition coefficient (Wildman–Crippen LogP) is 1.49. The van der Waals surface area contributed by atoms with Gasteiger partial charge in [-0.2, -0.15) is 0 Å². The van der Waals surface area contributed by atoms with Crippen LogP contribution in [0.25, 0.3) is 0 Å². The van der Waals surface area contributed by atoms with E-state index in [2.05, 4.69) is 20.9 Å². The van der Waals surface area contributed by atoms with Crippen molar-refractivity contribution in [3.05, 3.63) is 47.3 Å². The Bertz CT molecular complexity index is 821. The zero-order chi connectivity index (χ0) is 18.8. The number of amides is 3. The molecule has 27 heavy (non-hydrogen) atoms. The van der Waals surface area contributed by atoms with E-state index in [0.29, 0.717) is 37.8 Å². The van der Waals surface area contributed by atoms with Crippen LogP contribution in [0.4, 0.5) is 4.79 Å². The number of nitrogens with one attached hydrogen (secondary N) is 2. The molecule has 3 amide bonds. The molecule has 0 unspecified atom stereocenters. The van der Waals surface area contributed by atoms with E-state index >= 15 is 0 Å². The van der Waals surface area contributed by atoms with Crippen molar-refractivity contribution >= 4 is 11.9 Å². The van der Waals surface area contributed by atoms with Crippen molar-refractivity contribution in [1.82, 2.24) is 30.5 Å². The minimum absolute atomic E-state index is 0.0626. The van der Waals surface area contributed by atoms with Gasteiger partial charge in [-0.3, -0.25) is 4.79 Å². The van der Waals surface area contributed by atoms with Crippen molar-refractivity contribution < 1.29 is 9.59 Å². The summed E-state index contributed by atoms with van der Waals surface area (Å²) in [5.41, 5.74) is 2.60. The molecule has 0 bridgehead atoms. The van der Waals surface area contributed by atoms with Crippen LogP contribution in [0.1, 0.15) is 40.5 Å². The molecule has 1 saturated heterocycles. The Kier molecular flexibility index (Phi) is 4.79. The summed E-state index contributed by atoms with van der Waals surface area (Å²) in [6.07, 6.45) is 4.04. The van der Waals surface area contributed by atoms with Crippen molar-refractivity contribution in [3.63, 3.8) is 0 Å². The molecule has 1 aliphatic heterocycles. The zero-order valence-electron chi connectivity index (χ0n) is 15.4. The van der Waals surface area contributed by atoms with E-state index < -0.39 is 0 Å². The van der Waals surface area contributed by atoms with Gasteiger partial charge in [0.15, 0.2) is 5.69 Å². The van der Waals surface area contributed by atoms with Crippen LogP contribution in [0.5, 0.6) is 0 Å². The van der Waals surface area contributed by atoms with Gasteiger partial charge < -0.3 is 15.5 Å². The Balaban J connectivity index is 1.22. The molecule has 2 N–H and O–H groups in total. The topological polar surface area (TPSA) is 92.2 Å². The van der Waals surface area contributed by atoms with Crippen LogP contribution in [0.2, 0.25) is 0 Å². The van der Waals surface area contributed by atoms with Gasteiger partial charge in [0.25, 0.3) is 5.91 Å². The first-order chi connectivity index (χ1) is 13.1. The van der Waals surface area contributed by atoms with Crippen LogP contribution < -0.4 is 10.6 Å². The molecule has 0 radical (unpaired) electrons. The normalized spacial score (nSPS) is 16.7. The number of likely N-dealkylation sites (tertiary alicyclic amines) is 1. The second-order valence-electron chi connectivity index (χ2n) is 7.44. The molecular weight excluding hydrogens is 344 g/mol. The molecule has 1 aliphatic carbocycles. The van der Waals surface area contributed by atoms with Crippen LogP contribution in [0, 0.1) is 12.8 Å². The number of aryl methyl sites for hydroxylation is 1. The number of nitrogens with zero attached hydrogens (tertiary/aromatic N) is 4. The van der Waals surface area contributed by atoms with Gasteiger partial charge in [-0.05, 0) is 31.2 Å². The van der Waals surface area contributed by atoms with Gasteiger partial charge in [0.05, 0.1) is 12.2 Å². The summed E-state index contributed by atoms with van der Waals surface area (Å²) in [7, 11) is 0. The fraction of sp³-hybridized carbons (Fsp3) is 0.474. The molecule has 2 fully saturated rings. The quantitative estimate of drug-likeness (QED) is 0.808. The van der Waals surface area contributed by atoms with Gasteiger partial charge in [-0.15, -0.1) is 5.10 Å². The summed E-state index contributed by atoms with van der Waals surface area (Å²) in [6, 6.07) is 8.07. The van der Waals surface area contributed by atoms with E-state index in [1.165, 1.54) is 18.4 Å². The summed E-state index contributed by atoms with van der Waals surface area (Å²) in [4.78, 5) is 26.0. The molecular formula is C19H24N6O2. The molecule has 1 aromatic heterocycles. The maximum absolute atomic E-state index is 12.2. The smallest absolute Gasteiger partial charge is 0.317 e. The lowest BCUT2D eigenvalue weighted by Gasteiger charge is -2.38. The Hall–Kier alpha value is -2.90. The molecule has 1 aromatic carbocycles. The van der Waals surface area contributed by atoms with E-state index in [4.69, 9.17) is 0 Å². The first-order valence-electron chi connectivity index (χ1n) is 9.37. The Labute approximate surface area is 157 Å². The molecule has 8 nitrogen and oxygen atoms in total. The third kappa shape index (κ3) is 4.27. The van der Waals surface area contributed by atoms with Gasteiger partial charge >= 0.3 is 6.03 Å². The summed E-state index contributed by atoms with van der Waals surface area (Å²) in [5, 5.41) is 13.8. The summed E-state index contributed by atoms with van der Waals surface area (Å²) in [5.74, 6) is 0.447. The number of rotatable bonds is 6. The van der Waals surface area contributed by atoms with Crippen LogP contribution >= 0.6 is 0 Å². The van der Waals surface area contributed by atoms with Crippen molar-refractivity contribution in [2.24, 2.45) is 5.92 Å². The zero-order valence-corrected chi connectivity index (χ0v) is 15.4. The monoisotopic (exact) mass is 368 g/mol. The molecule has 2 aliphatic rings. The first kappa shape index (κ1) is 17.5. The van der Waals surface area contributed by atoms with Crippen molar-refractivity contribution in [3.8, 4) is 0 Å². The molecule has 0 atom stereocenters. The third-order valence-corrected chi connectivity index (χ3v) is 5.08. The molecule has 8 heteroatoms. The van der Waals surface area contributed by atoms with Crippen LogP contribution in [0.15, 0.2) is 30.5 Å². The lowest BCUT2D eigenvalue weighted by Crippen LogP contribution is -2.54. The third-order valence-electron chi connectivity index (χ3n) is 5.08. The first-order valence-corrected chi connectivity index (χ1v) is 9.37. The van der Waals surface area contributed by atoms with Gasteiger partial charge in [-0.1, -0.05) is 35.0 Å². The minimum atomic E-state index is -0.180. The fourth-order valence-corrected chi connectivity index (χ4v) is 2.99. The van der Waals surface area contributed by atoms with E-state index in [9.17, 15) is 9.59 Å². The van der Waals surface area contributed by atoms with Crippen molar-refractivity contribution in [2.45, 2.75) is 32.4 Å². The van der Waals surface area contributed by atoms with E-state index in [-0.39, 0.29) is 18.0 Å². The van der Waals surface area contributed by atoms with Gasteiger partial charge in [-0.25, -0.2) is 9.48 Å². The number of carbonyl (C=O) groups excluding carboxylic acids is 2. The highest BCUT2D eigenvalue weighted by molar-refractivity contribution is 5.91. The van der Waals surface area contributed by atoms with E-state index in [1.807, 2.05) is 31.2 Å². The number of carbonyl (C=O) groups is 2. The maximum Gasteiger partial charge on any atom is 0.317 e. The lowest BCUT2D eigenvalue weighted by atomic mass is 10.1. The minimum Gasteiger partial charge on any atom is -0.350 e. The van der Waals surface area contributed by atoms with Gasteiger partial charge in [0.1, 0.15) is 0 Å². The number of urea groups is 1. The van der Waals surface area contributed by atoms with E-state index in [0.717, 1.165) is 5.56 Å². The molecule has 4 rings (SSSR count). The molecule has 0 spiro atoms. The van der Waals surface area contributed by atoms with Crippen molar-refractivity contribution in [1.29, 1.82) is 0 Å². The second kappa shape index (κ2) is 7.38. The average molecular weight is 368 g/mol. The van der Waals surface area contributed by atoms with Crippen LogP contribution in [-0.4, -0.2) is 51.5 Å². The summed E-state index contributed by atoms with van der Waals surface area (Å²) in [6.45, 7) is 4.38. The van der Waals surface area contributed by atoms with Gasteiger partial charge in [0, 0.05) is 26.2 Å².